The predicted octanol–water partition coefficient (Wildman–Crippen LogP) is 3.46. The topological polar surface area (TPSA) is 26.0 Å². The molecule has 0 amide bonds. The van der Waals surface area contributed by atoms with Crippen LogP contribution >= 0.6 is 27.7 Å². The van der Waals surface area contributed by atoms with E-state index in [1.54, 1.807) is 0 Å². The number of halogens is 1. The molecule has 0 bridgehead atoms. The van der Waals surface area contributed by atoms with Gasteiger partial charge in [-0.25, -0.2) is 0 Å². The largest absolute Gasteiger partial charge is 0.327 e. The zero-order valence-electron chi connectivity index (χ0n) is 9.08. The number of rotatable bonds is 6. The molecule has 1 aromatic rings. The molecule has 0 aliphatic rings. The van der Waals surface area contributed by atoms with Gasteiger partial charge in [-0.05, 0) is 49.0 Å². The average molecular weight is 288 g/mol. The Kier molecular flexibility index (Phi) is 6.37. The van der Waals surface area contributed by atoms with Gasteiger partial charge in [-0.15, -0.1) is 0 Å². The molecule has 0 aliphatic heterocycles. The molecule has 1 unspecified atom stereocenters. The second-order valence-corrected chi connectivity index (χ2v) is 5.63. The Bertz CT molecular complexity index is 273. The van der Waals surface area contributed by atoms with Crippen LogP contribution in [0.4, 0.5) is 0 Å². The van der Waals surface area contributed by atoms with Crippen molar-refractivity contribution in [2.45, 2.75) is 25.3 Å². The van der Waals surface area contributed by atoms with Crippen molar-refractivity contribution in [2.24, 2.45) is 5.73 Å². The van der Waals surface area contributed by atoms with Crippen LogP contribution in [0.25, 0.3) is 0 Å². The fourth-order valence-electron chi connectivity index (χ4n) is 1.52. The Morgan fingerprint density at radius 3 is 2.60 bits per heavy atom. The van der Waals surface area contributed by atoms with E-state index in [0.29, 0.717) is 6.04 Å². The summed E-state index contributed by atoms with van der Waals surface area (Å²) in [6, 6.07) is 8.73. The van der Waals surface area contributed by atoms with Gasteiger partial charge in [-0.2, -0.15) is 11.8 Å². The van der Waals surface area contributed by atoms with Crippen LogP contribution < -0.4 is 5.73 Å². The number of nitrogens with two attached hydrogens (primary N) is 1. The molecule has 0 heterocycles. The van der Waals surface area contributed by atoms with Gasteiger partial charge >= 0.3 is 0 Å². The Hall–Kier alpha value is 0.01000. The van der Waals surface area contributed by atoms with E-state index in [4.69, 9.17) is 5.73 Å². The third-order valence-electron chi connectivity index (χ3n) is 2.33. The normalized spacial score (nSPS) is 12.7. The minimum atomic E-state index is 0.304. The zero-order chi connectivity index (χ0) is 11.1. The summed E-state index contributed by atoms with van der Waals surface area (Å²) in [5.74, 6) is 1.22. The molecule has 3 heteroatoms. The molecule has 0 aliphatic carbocycles. The summed E-state index contributed by atoms with van der Waals surface area (Å²) in [7, 11) is 0. The maximum Gasteiger partial charge on any atom is 0.0175 e. The smallest absolute Gasteiger partial charge is 0.0175 e. The summed E-state index contributed by atoms with van der Waals surface area (Å²) in [6.07, 6.45) is 5.47. The molecule has 0 spiro atoms. The van der Waals surface area contributed by atoms with E-state index in [0.717, 1.165) is 17.3 Å². The summed E-state index contributed by atoms with van der Waals surface area (Å²) >= 11 is 5.32. The summed E-state index contributed by atoms with van der Waals surface area (Å²) in [5.41, 5.74) is 7.39. The van der Waals surface area contributed by atoms with Gasteiger partial charge in [0, 0.05) is 10.5 Å². The number of hydrogen-bond acceptors (Lipinski definition) is 2. The fourth-order valence-corrected chi connectivity index (χ4v) is 2.23. The van der Waals surface area contributed by atoms with Crippen LogP contribution in [0, 0.1) is 0 Å². The van der Waals surface area contributed by atoms with Gasteiger partial charge < -0.3 is 5.73 Å². The molecule has 84 valence electrons. The van der Waals surface area contributed by atoms with Gasteiger partial charge in [0.05, 0.1) is 0 Å². The molecule has 0 radical (unpaired) electrons. The molecule has 1 rings (SSSR count). The third kappa shape index (κ3) is 5.59. The fraction of sp³-hybridized carbons (Fsp3) is 0.500. The van der Waals surface area contributed by atoms with Crippen molar-refractivity contribution in [3.05, 3.63) is 34.3 Å². The first-order valence-electron chi connectivity index (χ1n) is 5.21. The van der Waals surface area contributed by atoms with Crippen LogP contribution in [0.3, 0.4) is 0 Å². The molecule has 1 nitrogen and oxygen atoms in total. The van der Waals surface area contributed by atoms with Crippen LogP contribution in [0.2, 0.25) is 0 Å². The molecule has 15 heavy (non-hydrogen) atoms. The molecular formula is C12H18BrNS. The number of hydrogen-bond donors (Lipinski definition) is 1. The lowest BCUT2D eigenvalue weighted by atomic mass is 10.0. The van der Waals surface area contributed by atoms with Crippen molar-refractivity contribution in [2.75, 3.05) is 12.0 Å². The Balaban J connectivity index is 2.31. The van der Waals surface area contributed by atoms with Crippen molar-refractivity contribution in [3.63, 3.8) is 0 Å². The average Bonchev–Trinajstić information content (AvgIpc) is 2.22. The van der Waals surface area contributed by atoms with E-state index < -0.39 is 0 Å². The number of benzene rings is 1. The first kappa shape index (κ1) is 13.1. The highest BCUT2D eigenvalue weighted by Gasteiger charge is 2.03. The highest BCUT2D eigenvalue weighted by Crippen LogP contribution is 2.13. The van der Waals surface area contributed by atoms with Crippen molar-refractivity contribution >= 4 is 27.7 Å². The Morgan fingerprint density at radius 1 is 1.33 bits per heavy atom. The molecule has 1 atom stereocenters. The van der Waals surface area contributed by atoms with Crippen LogP contribution in [-0.4, -0.2) is 18.1 Å². The van der Waals surface area contributed by atoms with Gasteiger partial charge in [-0.3, -0.25) is 0 Å². The second-order valence-electron chi connectivity index (χ2n) is 3.73. The van der Waals surface area contributed by atoms with Crippen molar-refractivity contribution < 1.29 is 0 Å². The van der Waals surface area contributed by atoms with Gasteiger partial charge in [0.25, 0.3) is 0 Å². The van der Waals surface area contributed by atoms with Crippen LogP contribution in [0.1, 0.15) is 18.4 Å². The quantitative estimate of drug-likeness (QED) is 0.811. The van der Waals surface area contributed by atoms with E-state index in [-0.39, 0.29) is 0 Å². The molecule has 0 fully saturated rings. The van der Waals surface area contributed by atoms with Crippen LogP contribution in [0.5, 0.6) is 0 Å². The highest BCUT2D eigenvalue weighted by molar-refractivity contribution is 9.10. The summed E-state index contributed by atoms with van der Waals surface area (Å²) in [5, 5.41) is 0. The summed E-state index contributed by atoms with van der Waals surface area (Å²) in [4.78, 5) is 0. The third-order valence-corrected chi connectivity index (χ3v) is 3.56. The van der Waals surface area contributed by atoms with E-state index >= 15 is 0 Å². The maximum absolute atomic E-state index is 6.06. The molecular weight excluding hydrogens is 270 g/mol. The van der Waals surface area contributed by atoms with Gasteiger partial charge in [-0.1, -0.05) is 28.1 Å². The molecule has 2 N–H and O–H groups in total. The highest BCUT2D eigenvalue weighted by atomic mass is 79.9. The molecule has 0 aromatic heterocycles. The lowest BCUT2D eigenvalue weighted by molar-refractivity contribution is 0.603. The zero-order valence-corrected chi connectivity index (χ0v) is 11.5. The summed E-state index contributed by atoms with van der Waals surface area (Å²) in [6.45, 7) is 0. The molecule has 1 aromatic carbocycles. The monoisotopic (exact) mass is 287 g/mol. The predicted molar refractivity (Wildman–Crippen MR) is 73.4 cm³/mol. The van der Waals surface area contributed by atoms with E-state index in [2.05, 4.69) is 46.5 Å². The Morgan fingerprint density at radius 2 is 2.00 bits per heavy atom. The standard InChI is InChI=1S/C12H18BrNS/c1-15-8-2-3-12(14)9-10-4-6-11(13)7-5-10/h4-7,12H,2-3,8-9,14H2,1H3. The lowest BCUT2D eigenvalue weighted by Gasteiger charge is -2.11. The van der Waals surface area contributed by atoms with Crippen LogP contribution in [-0.2, 0) is 6.42 Å². The minimum absolute atomic E-state index is 0.304. The number of thioether (sulfide) groups is 1. The summed E-state index contributed by atoms with van der Waals surface area (Å²) < 4.78 is 1.13. The van der Waals surface area contributed by atoms with Crippen molar-refractivity contribution in [3.8, 4) is 0 Å². The first-order valence-corrected chi connectivity index (χ1v) is 7.40. The van der Waals surface area contributed by atoms with Crippen molar-refractivity contribution in [1.29, 1.82) is 0 Å². The molecule has 0 saturated carbocycles. The van der Waals surface area contributed by atoms with Gasteiger partial charge in [0.15, 0.2) is 0 Å². The van der Waals surface area contributed by atoms with Crippen LogP contribution in [0.15, 0.2) is 28.7 Å². The lowest BCUT2D eigenvalue weighted by Crippen LogP contribution is -2.22. The van der Waals surface area contributed by atoms with Gasteiger partial charge in [0.1, 0.15) is 0 Å². The Labute approximate surface area is 105 Å². The molecule has 0 saturated heterocycles. The van der Waals surface area contributed by atoms with E-state index in [1.807, 2.05) is 11.8 Å². The van der Waals surface area contributed by atoms with E-state index in [1.165, 1.54) is 17.7 Å². The van der Waals surface area contributed by atoms with E-state index in [9.17, 15) is 0 Å². The SMILES string of the molecule is CSCCCC(N)Cc1ccc(Br)cc1. The first-order chi connectivity index (χ1) is 7.22. The minimum Gasteiger partial charge on any atom is -0.327 e. The maximum atomic E-state index is 6.06. The van der Waals surface area contributed by atoms with Crippen molar-refractivity contribution in [1.82, 2.24) is 0 Å². The second kappa shape index (κ2) is 7.31. The van der Waals surface area contributed by atoms with Gasteiger partial charge in [0.2, 0.25) is 0 Å².